The van der Waals surface area contributed by atoms with Gasteiger partial charge in [-0.25, -0.2) is 0 Å². The summed E-state index contributed by atoms with van der Waals surface area (Å²) in [6, 6.07) is 10.6. The predicted octanol–water partition coefficient (Wildman–Crippen LogP) is 4.18. The molecule has 24 heavy (non-hydrogen) atoms. The zero-order valence-electron chi connectivity index (χ0n) is 12.6. The van der Waals surface area contributed by atoms with Gasteiger partial charge in [-0.2, -0.15) is 0 Å². The molecular formula is C19H14Cl2NO2-. The lowest BCUT2D eigenvalue weighted by Gasteiger charge is -2.38. The van der Waals surface area contributed by atoms with Gasteiger partial charge in [0.15, 0.2) is 0 Å². The molecule has 3 nitrogen and oxygen atoms in total. The van der Waals surface area contributed by atoms with Crippen LogP contribution in [-0.4, -0.2) is 5.97 Å². The molecule has 0 unspecified atom stereocenters. The zero-order valence-corrected chi connectivity index (χ0v) is 14.1. The first-order valence-corrected chi connectivity index (χ1v) is 8.53. The molecule has 3 atom stereocenters. The molecular weight excluding hydrogens is 345 g/mol. The van der Waals surface area contributed by atoms with Crippen LogP contribution in [0.15, 0.2) is 48.6 Å². The van der Waals surface area contributed by atoms with Gasteiger partial charge in [0.05, 0.1) is 12.0 Å². The van der Waals surface area contributed by atoms with Gasteiger partial charge in [-0.3, -0.25) is 0 Å². The Kier molecular flexibility index (Phi) is 3.78. The Balaban J connectivity index is 1.76. The highest BCUT2D eigenvalue weighted by molar-refractivity contribution is 6.35. The third kappa shape index (κ3) is 2.48. The molecule has 0 saturated heterocycles. The van der Waals surface area contributed by atoms with Crippen LogP contribution in [0.2, 0.25) is 10.0 Å². The van der Waals surface area contributed by atoms with Crippen LogP contribution in [0.25, 0.3) is 0 Å². The van der Waals surface area contributed by atoms with E-state index in [4.69, 9.17) is 23.2 Å². The monoisotopic (exact) mass is 358 g/mol. The number of halogens is 2. The van der Waals surface area contributed by atoms with Gasteiger partial charge >= 0.3 is 0 Å². The second-order valence-electron chi connectivity index (χ2n) is 6.23. The van der Waals surface area contributed by atoms with Crippen LogP contribution in [0, 0.1) is 5.92 Å². The number of anilines is 1. The van der Waals surface area contributed by atoms with E-state index in [1.54, 1.807) is 18.2 Å². The van der Waals surface area contributed by atoms with Gasteiger partial charge < -0.3 is 15.2 Å². The molecule has 1 heterocycles. The number of carboxylic acid groups (broad SMARTS) is 1. The summed E-state index contributed by atoms with van der Waals surface area (Å²) in [6.45, 7) is 0. The molecule has 0 fully saturated rings. The van der Waals surface area contributed by atoms with Crippen molar-refractivity contribution >= 4 is 34.9 Å². The van der Waals surface area contributed by atoms with Crippen molar-refractivity contribution in [2.75, 3.05) is 5.32 Å². The standard InChI is InChI=1S/C19H15Cl2NO2/c20-12-8-15(21)17-13-2-1-3-14(13)18(22-16(17)9-12)10-4-6-11(7-5-10)19(23)24/h1-2,4-9,13-14,18,22H,3H2,(H,23,24)/p-1/t13-,14-,18-/m0/s1. The number of benzene rings is 2. The van der Waals surface area contributed by atoms with Crippen LogP contribution in [0.1, 0.15) is 39.9 Å². The fraction of sp³-hybridized carbons (Fsp3) is 0.211. The van der Waals surface area contributed by atoms with Crippen LogP contribution in [0.5, 0.6) is 0 Å². The van der Waals surface area contributed by atoms with Crippen LogP contribution >= 0.6 is 23.2 Å². The molecule has 1 aliphatic carbocycles. The van der Waals surface area contributed by atoms with Gasteiger partial charge in [0, 0.05) is 27.2 Å². The Hall–Kier alpha value is -1.97. The summed E-state index contributed by atoms with van der Waals surface area (Å²) >= 11 is 12.6. The lowest BCUT2D eigenvalue weighted by atomic mass is 9.77. The highest BCUT2D eigenvalue weighted by Gasteiger charge is 2.39. The predicted molar refractivity (Wildman–Crippen MR) is 93.6 cm³/mol. The summed E-state index contributed by atoms with van der Waals surface area (Å²) in [4.78, 5) is 10.9. The third-order valence-electron chi connectivity index (χ3n) is 4.89. The second kappa shape index (κ2) is 5.83. The van der Waals surface area contributed by atoms with Crippen molar-refractivity contribution in [3.05, 3.63) is 75.3 Å². The van der Waals surface area contributed by atoms with E-state index < -0.39 is 5.97 Å². The Morgan fingerprint density at radius 1 is 1.17 bits per heavy atom. The highest BCUT2D eigenvalue weighted by Crippen LogP contribution is 2.52. The molecule has 4 rings (SSSR count). The Bertz CT molecular complexity index is 845. The number of fused-ring (bicyclic) bond motifs is 3. The molecule has 1 N–H and O–H groups in total. The highest BCUT2D eigenvalue weighted by atomic mass is 35.5. The number of nitrogens with one attached hydrogen (secondary N) is 1. The van der Waals surface area contributed by atoms with Crippen LogP contribution < -0.4 is 10.4 Å². The molecule has 0 aromatic heterocycles. The van der Waals surface area contributed by atoms with Gasteiger partial charge in [-0.1, -0.05) is 59.6 Å². The molecule has 2 aliphatic rings. The summed E-state index contributed by atoms with van der Waals surface area (Å²) in [5.41, 5.74) is 3.25. The van der Waals surface area contributed by atoms with Crippen LogP contribution in [-0.2, 0) is 0 Å². The molecule has 122 valence electrons. The van der Waals surface area contributed by atoms with E-state index in [1.165, 1.54) is 0 Å². The molecule has 0 amide bonds. The van der Waals surface area contributed by atoms with E-state index in [-0.39, 0.29) is 17.5 Å². The summed E-state index contributed by atoms with van der Waals surface area (Å²) in [5.74, 6) is -0.593. The van der Waals surface area contributed by atoms with Gasteiger partial charge in [-0.15, -0.1) is 0 Å². The van der Waals surface area contributed by atoms with Gasteiger partial charge in [0.25, 0.3) is 0 Å². The van der Waals surface area contributed by atoms with E-state index in [0.717, 1.165) is 23.2 Å². The number of hydrogen-bond acceptors (Lipinski definition) is 3. The van der Waals surface area contributed by atoms with E-state index >= 15 is 0 Å². The summed E-state index contributed by atoms with van der Waals surface area (Å²) in [7, 11) is 0. The first kappa shape index (κ1) is 15.6. The van der Waals surface area contributed by atoms with E-state index in [9.17, 15) is 9.90 Å². The van der Waals surface area contributed by atoms with Crippen LogP contribution in [0.4, 0.5) is 5.69 Å². The van der Waals surface area contributed by atoms with Crippen molar-refractivity contribution in [2.24, 2.45) is 5.92 Å². The third-order valence-corrected chi connectivity index (χ3v) is 5.42. The minimum atomic E-state index is -1.16. The maximum atomic E-state index is 10.9. The molecule has 0 radical (unpaired) electrons. The molecule has 0 saturated carbocycles. The number of rotatable bonds is 2. The number of allylic oxidation sites excluding steroid dienone is 2. The molecule has 0 spiro atoms. The van der Waals surface area contributed by atoms with Crippen molar-refractivity contribution in [3.8, 4) is 0 Å². The number of carbonyl (C=O) groups is 1. The first-order chi connectivity index (χ1) is 11.5. The largest absolute Gasteiger partial charge is 0.545 e. The minimum absolute atomic E-state index is 0.0721. The van der Waals surface area contributed by atoms with Crippen molar-refractivity contribution in [2.45, 2.75) is 18.4 Å². The average molecular weight is 359 g/mol. The van der Waals surface area contributed by atoms with E-state index in [1.807, 2.05) is 18.2 Å². The Labute approximate surface area is 149 Å². The number of carboxylic acids is 1. The number of aromatic carboxylic acids is 1. The van der Waals surface area contributed by atoms with Crippen molar-refractivity contribution < 1.29 is 9.90 Å². The molecule has 2 aromatic carbocycles. The van der Waals surface area contributed by atoms with Gasteiger partial charge in [-0.05, 0) is 35.6 Å². The molecule has 1 aliphatic heterocycles. The fourth-order valence-corrected chi connectivity index (χ4v) is 4.42. The molecule has 5 heteroatoms. The lowest BCUT2D eigenvalue weighted by molar-refractivity contribution is -0.255. The van der Waals surface area contributed by atoms with Crippen molar-refractivity contribution in [3.63, 3.8) is 0 Å². The molecule has 2 aromatic rings. The first-order valence-electron chi connectivity index (χ1n) is 7.78. The van der Waals surface area contributed by atoms with Crippen molar-refractivity contribution in [1.82, 2.24) is 0 Å². The maximum Gasteiger partial charge on any atom is 0.0715 e. The van der Waals surface area contributed by atoms with Gasteiger partial charge in [0.1, 0.15) is 0 Å². The smallest absolute Gasteiger partial charge is 0.0715 e. The van der Waals surface area contributed by atoms with Crippen LogP contribution in [0.3, 0.4) is 0 Å². The topological polar surface area (TPSA) is 52.2 Å². The lowest BCUT2D eigenvalue weighted by Crippen LogP contribution is -2.29. The Morgan fingerprint density at radius 2 is 1.92 bits per heavy atom. The minimum Gasteiger partial charge on any atom is -0.545 e. The quantitative estimate of drug-likeness (QED) is 0.819. The average Bonchev–Trinajstić information content (AvgIpc) is 3.02. The zero-order chi connectivity index (χ0) is 16.8. The SMILES string of the molecule is O=C([O-])c1ccc([C@@H]2Nc3cc(Cl)cc(Cl)c3[C@H]3C=CC[C@@H]32)cc1. The van der Waals surface area contributed by atoms with E-state index in [2.05, 4.69) is 17.5 Å². The number of carbonyl (C=O) groups excluding carboxylic acids is 1. The maximum absolute atomic E-state index is 10.9. The van der Waals surface area contributed by atoms with Crippen molar-refractivity contribution in [1.29, 1.82) is 0 Å². The van der Waals surface area contributed by atoms with E-state index in [0.29, 0.717) is 16.0 Å². The van der Waals surface area contributed by atoms with Gasteiger partial charge in [0.2, 0.25) is 0 Å². The number of hydrogen-bond donors (Lipinski definition) is 1. The fourth-order valence-electron chi connectivity index (χ4n) is 3.80. The Morgan fingerprint density at radius 3 is 2.62 bits per heavy atom. The summed E-state index contributed by atoms with van der Waals surface area (Å²) < 4.78 is 0. The summed E-state index contributed by atoms with van der Waals surface area (Å²) in [6.07, 6.45) is 5.33. The normalized spacial score (nSPS) is 24.2. The second-order valence-corrected chi connectivity index (χ2v) is 7.08. The molecule has 0 bridgehead atoms. The summed E-state index contributed by atoms with van der Waals surface area (Å²) in [5, 5.41) is 15.8.